The van der Waals surface area contributed by atoms with Crippen LogP contribution in [0, 0.1) is 11.6 Å². The minimum atomic E-state index is -0.485. The predicted octanol–water partition coefficient (Wildman–Crippen LogP) is 1.30. The van der Waals surface area contributed by atoms with Gasteiger partial charge >= 0.3 is 0 Å². The largest absolute Gasteiger partial charge is 0.311 e. The molecule has 0 aliphatic carbocycles. The minimum Gasteiger partial charge on any atom is -0.311 e. The van der Waals surface area contributed by atoms with Gasteiger partial charge in [-0.2, -0.15) is 0 Å². The van der Waals surface area contributed by atoms with Crippen LogP contribution in [-0.2, 0) is 6.54 Å². The molecule has 1 aromatic rings. The Morgan fingerprint density at radius 1 is 1.21 bits per heavy atom. The van der Waals surface area contributed by atoms with Gasteiger partial charge in [-0.15, -0.1) is 0 Å². The fourth-order valence-electron chi connectivity index (χ4n) is 2.39. The van der Waals surface area contributed by atoms with E-state index >= 15 is 0 Å². The van der Waals surface area contributed by atoms with Gasteiger partial charge in [0.05, 0.1) is 0 Å². The molecule has 1 saturated heterocycles. The SMILES string of the molecule is CN1CCN(C)C(CNCc2c(F)cccc2F)C1. The molecule has 1 aliphatic rings. The maximum atomic E-state index is 13.5. The fourth-order valence-corrected chi connectivity index (χ4v) is 2.39. The van der Waals surface area contributed by atoms with Crippen molar-refractivity contribution in [2.75, 3.05) is 40.3 Å². The van der Waals surface area contributed by atoms with Crippen molar-refractivity contribution in [3.63, 3.8) is 0 Å². The van der Waals surface area contributed by atoms with Crippen molar-refractivity contribution in [2.45, 2.75) is 12.6 Å². The third-order valence-electron chi connectivity index (χ3n) is 3.72. The van der Waals surface area contributed by atoms with Crippen LogP contribution in [0.1, 0.15) is 5.56 Å². The van der Waals surface area contributed by atoms with E-state index in [2.05, 4.69) is 29.2 Å². The predicted molar refractivity (Wildman–Crippen MR) is 72.0 cm³/mol. The van der Waals surface area contributed by atoms with E-state index in [4.69, 9.17) is 0 Å². The Morgan fingerprint density at radius 2 is 1.89 bits per heavy atom. The molecule has 19 heavy (non-hydrogen) atoms. The summed E-state index contributed by atoms with van der Waals surface area (Å²) >= 11 is 0. The molecule has 1 aromatic carbocycles. The third-order valence-corrected chi connectivity index (χ3v) is 3.72. The molecular formula is C14H21F2N3. The topological polar surface area (TPSA) is 18.5 Å². The van der Waals surface area contributed by atoms with E-state index in [1.807, 2.05) is 0 Å². The first-order valence-corrected chi connectivity index (χ1v) is 6.60. The van der Waals surface area contributed by atoms with Crippen LogP contribution in [0.2, 0.25) is 0 Å². The number of hydrogen-bond acceptors (Lipinski definition) is 3. The summed E-state index contributed by atoms with van der Waals surface area (Å²) in [7, 11) is 4.18. The van der Waals surface area contributed by atoms with Gasteiger partial charge in [-0.25, -0.2) is 8.78 Å². The van der Waals surface area contributed by atoms with Gasteiger partial charge in [0.2, 0.25) is 0 Å². The van der Waals surface area contributed by atoms with Gasteiger partial charge < -0.3 is 10.2 Å². The maximum absolute atomic E-state index is 13.5. The van der Waals surface area contributed by atoms with E-state index in [9.17, 15) is 8.78 Å². The highest BCUT2D eigenvalue weighted by atomic mass is 19.1. The maximum Gasteiger partial charge on any atom is 0.130 e. The highest BCUT2D eigenvalue weighted by Gasteiger charge is 2.21. The molecule has 1 heterocycles. The van der Waals surface area contributed by atoms with Crippen molar-refractivity contribution >= 4 is 0 Å². The van der Waals surface area contributed by atoms with Crippen molar-refractivity contribution < 1.29 is 8.78 Å². The fraction of sp³-hybridized carbons (Fsp3) is 0.571. The quantitative estimate of drug-likeness (QED) is 0.889. The summed E-state index contributed by atoms with van der Waals surface area (Å²) in [4.78, 5) is 4.56. The Kier molecular flexibility index (Phi) is 4.85. The van der Waals surface area contributed by atoms with Gasteiger partial charge in [0.15, 0.2) is 0 Å². The summed E-state index contributed by atoms with van der Waals surface area (Å²) in [6.07, 6.45) is 0. The number of hydrogen-bond donors (Lipinski definition) is 1. The van der Waals surface area contributed by atoms with Crippen LogP contribution in [0.15, 0.2) is 18.2 Å². The van der Waals surface area contributed by atoms with E-state index in [1.54, 1.807) is 0 Å². The van der Waals surface area contributed by atoms with Crippen molar-refractivity contribution in [1.82, 2.24) is 15.1 Å². The van der Waals surface area contributed by atoms with Crippen LogP contribution in [0.25, 0.3) is 0 Å². The lowest BCUT2D eigenvalue weighted by Crippen LogP contribution is -2.53. The van der Waals surface area contributed by atoms with Crippen LogP contribution >= 0.6 is 0 Å². The highest BCUT2D eigenvalue weighted by Crippen LogP contribution is 2.12. The van der Waals surface area contributed by atoms with E-state index in [1.165, 1.54) is 18.2 Å². The average molecular weight is 269 g/mol. The number of nitrogens with one attached hydrogen (secondary N) is 1. The highest BCUT2D eigenvalue weighted by molar-refractivity contribution is 5.19. The molecule has 1 aliphatic heterocycles. The molecule has 1 fully saturated rings. The Balaban J connectivity index is 1.86. The molecule has 2 rings (SSSR count). The molecule has 0 spiro atoms. The number of rotatable bonds is 4. The minimum absolute atomic E-state index is 0.120. The Labute approximate surface area is 113 Å². The zero-order valence-electron chi connectivity index (χ0n) is 11.5. The zero-order valence-corrected chi connectivity index (χ0v) is 11.5. The van der Waals surface area contributed by atoms with Gasteiger partial charge in [-0.1, -0.05) is 6.07 Å². The first-order valence-electron chi connectivity index (χ1n) is 6.60. The van der Waals surface area contributed by atoms with Crippen LogP contribution in [-0.4, -0.2) is 56.1 Å². The van der Waals surface area contributed by atoms with Crippen LogP contribution in [0.3, 0.4) is 0 Å². The summed E-state index contributed by atoms with van der Waals surface area (Å²) in [6, 6.07) is 4.35. The summed E-state index contributed by atoms with van der Waals surface area (Å²) < 4.78 is 26.9. The van der Waals surface area contributed by atoms with Gasteiger partial charge in [-0.3, -0.25) is 4.90 Å². The normalized spacial score (nSPS) is 21.8. The van der Waals surface area contributed by atoms with E-state index in [-0.39, 0.29) is 12.1 Å². The molecule has 0 aromatic heterocycles. The summed E-state index contributed by atoms with van der Waals surface area (Å²) in [5.74, 6) is -0.969. The number of piperazine rings is 1. The number of benzene rings is 1. The van der Waals surface area contributed by atoms with E-state index in [0.717, 1.165) is 26.2 Å². The molecule has 3 nitrogen and oxygen atoms in total. The molecule has 1 unspecified atom stereocenters. The van der Waals surface area contributed by atoms with Gasteiger partial charge in [0, 0.05) is 44.3 Å². The smallest absolute Gasteiger partial charge is 0.130 e. The molecule has 0 saturated carbocycles. The van der Waals surface area contributed by atoms with Gasteiger partial charge in [0.25, 0.3) is 0 Å². The second-order valence-corrected chi connectivity index (χ2v) is 5.23. The number of nitrogens with zero attached hydrogens (tertiary/aromatic N) is 2. The van der Waals surface area contributed by atoms with Gasteiger partial charge in [0.1, 0.15) is 11.6 Å². The summed E-state index contributed by atoms with van der Waals surface area (Å²) in [5, 5.41) is 3.16. The molecule has 0 radical (unpaired) electrons. The van der Waals surface area contributed by atoms with Crippen molar-refractivity contribution in [1.29, 1.82) is 0 Å². The second kappa shape index (κ2) is 6.41. The first-order chi connectivity index (χ1) is 9.08. The average Bonchev–Trinajstić information content (AvgIpc) is 2.37. The van der Waals surface area contributed by atoms with Crippen molar-refractivity contribution in [3.05, 3.63) is 35.4 Å². The second-order valence-electron chi connectivity index (χ2n) is 5.23. The van der Waals surface area contributed by atoms with Crippen LogP contribution < -0.4 is 5.32 Å². The van der Waals surface area contributed by atoms with E-state index in [0.29, 0.717) is 6.04 Å². The summed E-state index contributed by atoms with van der Waals surface area (Å²) in [5.41, 5.74) is 0.120. The standard InChI is InChI=1S/C14H21F2N3/c1-18-6-7-19(2)11(10-18)8-17-9-12-13(15)4-3-5-14(12)16/h3-5,11,17H,6-10H2,1-2H3. The third kappa shape index (κ3) is 3.72. The molecule has 1 N–H and O–H groups in total. The number of halogens is 2. The molecule has 0 bridgehead atoms. The lowest BCUT2D eigenvalue weighted by molar-refractivity contribution is 0.113. The van der Waals surface area contributed by atoms with Crippen LogP contribution in [0.4, 0.5) is 8.78 Å². The van der Waals surface area contributed by atoms with E-state index < -0.39 is 11.6 Å². The first kappa shape index (κ1) is 14.4. The molecule has 0 amide bonds. The zero-order chi connectivity index (χ0) is 13.8. The monoisotopic (exact) mass is 269 g/mol. The van der Waals surface area contributed by atoms with Crippen LogP contribution in [0.5, 0.6) is 0 Å². The van der Waals surface area contributed by atoms with Crippen molar-refractivity contribution in [3.8, 4) is 0 Å². The lowest BCUT2D eigenvalue weighted by Gasteiger charge is -2.37. The molecule has 106 valence electrons. The molecule has 5 heteroatoms. The Morgan fingerprint density at radius 3 is 2.58 bits per heavy atom. The lowest BCUT2D eigenvalue weighted by atomic mass is 10.1. The Bertz CT molecular complexity index is 405. The summed E-state index contributed by atoms with van der Waals surface area (Å²) in [6.45, 7) is 4.02. The Hall–Kier alpha value is -1.04. The van der Waals surface area contributed by atoms with Gasteiger partial charge in [-0.05, 0) is 26.2 Å². The molecule has 1 atom stereocenters. The van der Waals surface area contributed by atoms with Crippen molar-refractivity contribution in [2.24, 2.45) is 0 Å². The molecular weight excluding hydrogens is 248 g/mol. The number of likely N-dealkylation sites (N-methyl/N-ethyl adjacent to an activating group) is 2.